The van der Waals surface area contributed by atoms with Crippen LogP contribution in [0.3, 0.4) is 0 Å². The number of alkyl halides is 3. The minimum Gasteiger partial charge on any atom is -0.496 e. The van der Waals surface area contributed by atoms with Gasteiger partial charge in [-0.3, -0.25) is 10.1 Å². The van der Waals surface area contributed by atoms with Gasteiger partial charge in [-0.25, -0.2) is 14.2 Å². The van der Waals surface area contributed by atoms with Crippen molar-refractivity contribution in [2.45, 2.75) is 6.18 Å². The summed E-state index contributed by atoms with van der Waals surface area (Å²) in [6.07, 6.45) is -3.35. The summed E-state index contributed by atoms with van der Waals surface area (Å²) in [6, 6.07) is 9.70. The Balaban J connectivity index is 1.62. The van der Waals surface area contributed by atoms with Crippen LogP contribution in [0.5, 0.6) is 17.4 Å². The number of pyridine rings is 1. The van der Waals surface area contributed by atoms with Gasteiger partial charge >= 0.3 is 12.2 Å². The van der Waals surface area contributed by atoms with Gasteiger partial charge < -0.3 is 14.8 Å². The summed E-state index contributed by atoms with van der Waals surface area (Å²) in [7, 11) is 1.25. The minimum absolute atomic E-state index is 0.0255. The molecule has 0 saturated heterocycles. The van der Waals surface area contributed by atoms with E-state index in [9.17, 15) is 27.2 Å². The molecule has 0 unspecified atom stereocenters. The number of hydrogen-bond donors (Lipinski definition) is 2. The zero-order valence-electron chi connectivity index (χ0n) is 16.4. The fourth-order valence-corrected chi connectivity index (χ4v) is 2.59. The van der Waals surface area contributed by atoms with E-state index in [-0.39, 0.29) is 23.1 Å². The molecule has 0 bridgehead atoms. The lowest BCUT2D eigenvalue weighted by atomic mass is 10.1. The van der Waals surface area contributed by atoms with Crippen molar-refractivity contribution >= 4 is 17.6 Å². The molecule has 0 radical (unpaired) electrons. The number of benzene rings is 2. The zero-order chi connectivity index (χ0) is 23.3. The standard InChI is InChI=1S/C21H15F4N3O4/c1-31-16-7-3-6-15(22)18(16)19(29)28-20(30)27-13-8-9-17(26-11-13)32-14-5-2-4-12(10-14)21(23,24)25/h2-11H,1H3,(H2,27,28,29,30). The van der Waals surface area contributed by atoms with Crippen LogP contribution in [0, 0.1) is 5.82 Å². The number of carbonyl (C=O) groups is 2. The predicted octanol–water partition coefficient (Wildman–Crippen LogP) is 5.00. The largest absolute Gasteiger partial charge is 0.496 e. The molecule has 32 heavy (non-hydrogen) atoms. The first kappa shape index (κ1) is 22.5. The number of nitrogens with one attached hydrogen (secondary N) is 2. The summed E-state index contributed by atoms with van der Waals surface area (Å²) in [6.45, 7) is 0. The molecule has 3 rings (SSSR count). The lowest BCUT2D eigenvalue weighted by Crippen LogP contribution is -2.35. The van der Waals surface area contributed by atoms with Gasteiger partial charge in [0.2, 0.25) is 5.88 Å². The topological polar surface area (TPSA) is 89.5 Å². The monoisotopic (exact) mass is 449 g/mol. The van der Waals surface area contributed by atoms with Crippen LogP contribution in [-0.2, 0) is 6.18 Å². The van der Waals surface area contributed by atoms with E-state index in [0.717, 1.165) is 24.4 Å². The van der Waals surface area contributed by atoms with E-state index in [1.807, 2.05) is 5.32 Å². The Morgan fingerprint density at radius 2 is 1.78 bits per heavy atom. The maximum absolute atomic E-state index is 13.9. The minimum atomic E-state index is -4.52. The Bertz CT molecular complexity index is 1130. The number of carbonyl (C=O) groups excluding carboxylic acids is 2. The van der Waals surface area contributed by atoms with E-state index in [0.29, 0.717) is 0 Å². The number of ether oxygens (including phenoxy) is 2. The molecular formula is C21H15F4N3O4. The molecular weight excluding hydrogens is 434 g/mol. The summed E-state index contributed by atoms with van der Waals surface area (Å²) in [5.41, 5.74) is -1.17. The number of rotatable bonds is 5. The highest BCUT2D eigenvalue weighted by Crippen LogP contribution is 2.32. The van der Waals surface area contributed by atoms with Gasteiger partial charge in [0.05, 0.1) is 24.6 Å². The zero-order valence-corrected chi connectivity index (χ0v) is 16.4. The van der Waals surface area contributed by atoms with Crippen LogP contribution < -0.4 is 20.1 Å². The molecule has 3 amide bonds. The molecule has 0 atom stereocenters. The first-order valence-electron chi connectivity index (χ1n) is 8.93. The van der Waals surface area contributed by atoms with Crippen molar-refractivity contribution in [2.75, 3.05) is 12.4 Å². The Hall–Kier alpha value is -4.15. The number of methoxy groups -OCH3 is 1. The fraction of sp³-hybridized carbons (Fsp3) is 0.0952. The third-order valence-corrected chi connectivity index (χ3v) is 4.03. The Morgan fingerprint density at radius 1 is 1.03 bits per heavy atom. The van der Waals surface area contributed by atoms with E-state index in [1.54, 1.807) is 0 Å². The molecule has 1 heterocycles. The van der Waals surface area contributed by atoms with Crippen molar-refractivity contribution in [2.24, 2.45) is 0 Å². The van der Waals surface area contributed by atoms with Crippen LogP contribution in [0.15, 0.2) is 60.8 Å². The number of urea groups is 1. The fourth-order valence-electron chi connectivity index (χ4n) is 2.59. The number of halogens is 4. The predicted molar refractivity (Wildman–Crippen MR) is 105 cm³/mol. The van der Waals surface area contributed by atoms with Crippen LogP contribution in [0.2, 0.25) is 0 Å². The Kier molecular flexibility index (Phi) is 6.57. The molecule has 2 aromatic carbocycles. The molecule has 11 heteroatoms. The van der Waals surface area contributed by atoms with Gasteiger partial charge in [-0.1, -0.05) is 12.1 Å². The lowest BCUT2D eigenvalue weighted by molar-refractivity contribution is -0.137. The first-order valence-corrected chi connectivity index (χ1v) is 8.93. The first-order chi connectivity index (χ1) is 15.2. The van der Waals surface area contributed by atoms with Gasteiger partial charge in [0, 0.05) is 6.07 Å². The van der Waals surface area contributed by atoms with Gasteiger partial charge in [0.1, 0.15) is 22.9 Å². The van der Waals surface area contributed by atoms with Crippen LogP contribution >= 0.6 is 0 Å². The summed E-state index contributed by atoms with van der Waals surface area (Å²) >= 11 is 0. The van der Waals surface area contributed by atoms with E-state index >= 15 is 0 Å². The number of aromatic nitrogens is 1. The maximum atomic E-state index is 13.9. The van der Waals surface area contributed by atoms with E-state index < -0.39 is 35.1 Å². The molecule has 0 fully saturated rings. The van der Waals surface area contributed by atoms with Gasteiger partial charge in [0.15, 0.2) is 0 Å². The second kappa shape index (κ2) is 9.33. The van der Waals surface area contributed by atoms with Crippen molar-refractivity contribution < 1.29 is 36.6 Å². The van der Waals surface area contributed by atoms with Crippen LogP contribution in [0.1, 0.15) is 15.9 Å². The van der Waals surface area contributed by atoms with E-state index in [1.165, 1.54) is 43.5 Å². The molecule has 7 nitrogen and oxygen atoms in total. The number of amides is 3. The normalized spacial score (nSPS) is 10.9. The van der Waals surface area contributed by atoms with Crippen molar-refractivity contribution in [3.05, 3.63) is 77.7 Å². The van der Waals surface area contributed by atoms with E-state index in [4.69, 9.17) is 9.47 Å². The SMILES string of the molecule is COc1cccc(F)c1C(=O)NC(=O)Nc1ccc(Oc2cccc(C(F)(F)F)c2)nc1. The number of nitrogens with zero attached hydrogens (tertiary/aromatic N) is 1. The number of anilines is 1. The maximum Gasteiger partial charge on any atom is 0.416 e. The molecule has 0 aliphatic rings. The molecule has 0 saturated carbocycles. The van der Waals surface area contributed by atoms with Crippen LogP contribution in [-0.4, -0.2) is 24.0 Å². The number of imide groups is 1. The molecule has 1 aromatic heterocycles. The quantitative estimate of drug-likeness (QED) is 0.535. The number of hydrogen-bond acceptors (Lipinski definition) is 5. The van der Waals surface area contributed by atoms with Gasteiger partial charge in [-0.15, -0.1) is 0 Å². The molecule has 3 aromatic rings. The Labute approximate surface area is 179 Å². The summed E-state index contributed by atoms with van der Waals surface area (Å²) in [5, 5.41) is 4.28. The average Bonchev–Trinajstić information content (AvgIpc) is 2.74. The van der Waals surface area contributed by atoms with Crippen molar-refractivity contribution in [1.29, 1.82) is 0 Å². The van der Waals surface area contributed by atoms with Crippen molar-refractivity contribution in [3.8, 4) is 17.4 Å². The van der Waals surface area contributed by atoms with Crippen molar-refractivity contribution in [3.63, 3.8) is 0 Å². The smallest absolute Gasteiger partial charge is 0.416 e. The average molecular weight is 449 g/mol. The Morgan fingerprint density at radius 3 is 2.44 bits per heavy atom. The third kappa shape index (κ3) is 5.50. The van der Waals surface area contributed by atoms with Crippen molar-refractivity contribution in [1.82, 2.24) is 10.3 Å². The molecule has 0 aliphatic heterocycles. The van der Waals surface area contributed by atoms with Gasteiger partial charge in [-0.2, -0.15) is 13.2 Å². The van der Waals surface area contributed by atoms with Crippen LogP contribution in [0.25, 0.3) is 0 Å². The van der Waals surface area contributed by atoms with Gasteiger partial charge in [0.25, 0.3) is 5.91 Å². The molecule has 0 aliphatic carbocycles. The van der Waals surface area contributed by atoms with Crippen LogP contribution in [0.4, 0.5) is 28.0 Å². The third-order valence-electron chi connectivity index (χ3n) is 4.03. The highest BCUT2D eigenvalue weighted by molar-refractivity contribution is 6.09. The molecule has 2 N–H and O–H groups in total. The molecule has 166 valence electrons. The summed E-state index contributed by atoms with van der Waals surface area (Å²) in [4.78, 5) is 28.1. The highest BCUT2D eigenvalue weighted by atomic mass is 19.4. The molecule has 0 spiro atoms. The summed E-state index contributed by atoms with van der Waals surface area (Å²) in [5.74, 6) is -2.03. The second-order valence-corrected chi connectivity index (χ2v) is 6.24. The van der Waals surface area contributed by atoms with E-state index in [2.05, 4.69) is 10.3 Å². The summed E-state index contributed by atoms with van der Waals surface area (Å²) < 4.78 is 62.4. The van der Waals surface area contributed by atoms with Gasteiger partial charge in [-0.05, 0) is 36.4 Å². The lowest BCUT2D eigenvalue weighted by Gasteiger charge is -2.11. The second-order valence-electron chi connectivity index (χ2n) is 6.24. The highest BCUT2D eigenvalue weighted by Gasteiger charge is 2.30.